The predicted octanol–water partition coefficient (Wildman–Crippen LogP) is 5.98. The number of aryl methyl sites for hydroxylation is 1. The van der Waals surface area contributed by atoms with Crippen LogP contribution in [0.25, 0.3) is 10.2 Å². The molecule has 2 aromatic carbocycles. The second kappa shape index (κ2) is 10.5. The molecular formula is C26H26N4O2S3. The van der Waals surface area contributed by atoms with E-state index in [0.29, 0.717) is 12.1 Å². The Morgan fingerprint density at radius 2 is 1.89 bits per heavy atom. The Balaban J connectivity index is 1.15. The third kappa shape index (κ3) is 5.58. The van der Waals surface area contributed by atoms with Crippen molar-refractivity contribution >= 4 is 62.2 Å². The van der Waals surface area contributed by atoms with Gasteiger partial charge in [-0.3, -0.25) is 9.59 Å². The summed E-state index contributed by atoms with van der Waals surface area (Å²) in [6, 6.07) is 14.0. The highest BCUT2D eigenvalue weighted by Gasteiger charge is 2.26. The smallest absolute Gasteiger partial charge is 0.275 e. The van der Waals surface area contributed by atoms with E-state index < -0.39 is 0 Å². The summed E-state index contributed by atoms with van der Waals surface area (Å²) >= 11 is 4.87. The van der Waals surface area contributed by atoms with Gasteiger partial charge >= 0.3 is 0 Å². The Morgan fingerprint density at radius 1 is 1.11 bits per heavy atom. The Morgan fingerprint density at radius 3 is 2.63 bits per heavy atom. The monoisotopic (exact) mass is 522 g/mol. The Labute approximate surface area is 216 Å². The van der Waals surface area contributed by atoms with E-state index in [0.717, 1.165) is 57.4 Å². The third-order valence-corrected chi connectivity index (χ3v) is 8.92. The van der Waals surface area contributed by atoms with E-state index in [9.17, 15) is 9.59 Å². The summed E-state index contributed by atoms with van der Waals surface area (Å²) in [6.07, 6.45) is 4.22. The SMILES string of the molecule is CSc1ccc(CC(=O)N2CCC(c3nc(C(=O)Nc4ccc5sc(C)nc5c4)cs3)CC2)cc1. The van der Waals surface area contributed by atoms with Gasteiger partial charge in [-0.1, -0.05) is 12.1 Å². The maximum absolute atomic E-state index is 12.8. The van der Waals surface area contributed by atoms with Gasteiger partial charge in [0.15, 0.2) is 0 Å². The van der Waals surface area contributed by atoms with Gasteiger partial charge in [0, 0.05) is 35.0 Å². The largest absolute Gasteiger partial charge is 0.342 e. The van der Waals surface area contributed by atoms with Gasteiger partial charge in [-0.15, -0.1) is 34.4 Å². The van der Waals surface area contributed by atoms with E-state index in [2.05, 4.69) is 27.4 Å². The minimum atomic E-state index is -0.209. The second-order valence-corrected chi connectivity index (χ2v) is 11.6. The molecule has 0 aliphatic carbocycles. The van der Waals surface area contributed by atoms with Crippen molar-refractivity contribution in [2.45, 2.75) is 37.0 Å². The number of fused-ring (bicyclic) bond motifs is 1. The molecule has 180 valence electrons. The van der Waals surface area contributed by atoms with Crippen molar-refractivity contribution in [3.63, 3.8) is 0 Å². The number of thiazole rings is 2. The van der Waals surface area contributed by atoms with Gasteiger partial charge < -0.3 is 10.2 Å². The van der Waals surface area contributed by atoms with Crippen molar-refractivity contribution in [2.75, 3.05) is 24.7 Å². The first-order chi connectivity index (χ1) is 17.0. The fourth-order valence-corrected chi connectivity index (χ4v) is 6.49. The van der Waals surface area contributed by atoms with Crippen molar-refractivity contribution in [3.8, 4) is 0 Å². The van der Waals surface area contributed by atoms with Crippen LogP contribution in [0.2, 0.25) is 0 Å². The zero-order valence-corrected chi connectivity index (χ0v) is 22.1. The molecule has 0 radical (unpaired) electrons. The molecule has 0 atom stereocenters. The number of rotatable bonds is 6. The molecular weight excluding hydrogens is 497 g/mol. The molecule has 2 aromatic heterocycles. The summed E-state index contributed by atoms with van der Waals surface area (Å²) < 4.78 is 1.11. The van der Waals surface area contributed by atoms with E-state index in [1.807, 2.05) is 53.8 Å². The Bertz CT molecular complexity index is 1350. The number of hydrogen-bond acceptors (Lipinski definition) is 7. The molecule has 0 saturated carbocycles. The number of carbonyl (C=O) groups excluding carboxylic acids is 2. The van der Waals surface area contributed by atoms with E-state index in [4.69, 9.17) is 0 Å². The van der Waals surface area contributed by atoms with E-state index >= 15 is 0 Å². The van der Waals surface area contributed by atoms with Gasteiger partial charge in [0.05, 0.1) is 26.7 Å². The number of amides is 2. The molecule has 1 aliphatic rings. The maximum atomic E-state index is 12.8. The molecule has 5 rings (SSSR count). The van der Waals surface area contributed by atoms with Crippen LogP contribution < -0.4 is 5.32 Å². The quantitative estimate of drug-likeness (QED) is 0.315. The molecule has 1 aliphatic heterocycles. The molecule has 0 bridgehead atoms. The van der Waals surface area contributed by atoms with Crippen LogP contribution in [0.3, 0.4) is 0 Å². The summed E-state index contributed by atoms with van der Waals surface area (Å²) in [5.74, 6) is 0.242. The zero-order valence-electron chi connectivity index (χ0n) is 19.6. The first-order valence-electron chi connectivity index (χ1n) is 11.5. The molecule has 1 saturated heterocycles. The van der Waals surface area contributed by atoms with E-state index in [1.165, 1.54) is 16.2 Å². The molecule has 9 heteroatoms. The average Bonchev–Trinajstić information content (AvgIpc) is 3.51. The van der Waals surface area contributed by atoms with Crippen molar-refractivity contribution in [2.24, 2.45) is 0 Å². The number of thioether (sulfide) groups is 1. The van der Waals surface area contributed by atoms with Gasteiger partial charge in [0.25, 0.3) is 5.91 Å². The normalized spacial score (nSPS) is 14.4. The third-order valence-electron chi connectivity index (χ3n) is 6.22. The number of aromatic nitrogens is 2. The minimum absolute atomic E-state index is 0.173. The molecule has 1 N–H and O–H groups in total. The van der Waals surface area contributed by atoms with E-state index in [-0.39, 0.29) is 17.7 Å². The fourth-order valence-electron chi connectivity index (χ4n) is 4.30. The van der Waals surface area contributed by atoms with Gasteiger partial charge in [-0.05, 0) is 61.9 Å². The molecule has 3 heterocycles. The number of likely N-dealkylation sites (tertiary alicyclic amines) is 1. The number of nitrogens with one attached hydrogen (secondary N) is 1. The standard InChI is InChI=1S/C26H26N4O2S3/c1-16-27-21-14-19(5-8-23(21)35-16)28-25(32)22-15-34-26(29-22)18-9-11-30(12-10-18)24(31)13-17-3-6-20(33-2)7-4-17/h3-8,14-15,18H,9-13H2,1-2H3,(H,28,32). The van der Waals surface area contributed by atoms with Crippen LogP contribution in [0.5, 0.6) is 0 Å². The molecule has 4 aromatic rings. The van der Waals surface area contributed by atoms with Crippen LogP contribution in [-0.4, -0.2) is 46.0 Å². The Hall–Kier alpha value is -2.75. The van der Waals surface area contributed by atoms with Gasteiger partial charge in [0.2, 0.25) is 5.91 Å². The molecule has 2 amide bonds. The Kier molecular flexibility index (Phi) is 7.17. The lowest BCUT2D eigenvalue weighted by Crippen LogP contribution is -2.38. The summed E-state index contributed by atoms with van der Waals surface area (Å²) in [5, 5.41) is 6.75. The highest BCUT2D eigenvalue weighted by molar-refractivity contribution is 7.98. The highest BCUT2D eigenvalue weighted by Crippen LogP contribution is 2.31. The first-order valence-corrected chi connectivity index (χ1v) is 14.5. The van der Waals surface area contributed by atoms with Crippen LogP contribution in [-0.2, 0) is 11.2 Å². The summed E-state index contributed by atoms with van der Waals surface area (Å²) in [4.78, 5) is 37.8. The van der Waals surface area contributed by atoms with Crippen molar-refractivity contribution in [1.82, 2.24) is 14.9 Å². The van der Waals surface area contributed by atoms with Gasteiger partial charge in [-0.2, -0.15) is 0 Å². The molecule has 0 spiro atoms. The molecule has 0 unspecified atom stereocenters. The number of benzene rings is 2. The van der Waals surface area contributed by atoms with Crippen molar-refractivity contribution in [3.05, 3.63) is 69.1 Å². The number of carbonyl (C=O) groups is 2. The summed E-state index contributed by atoms with van der Waals surface area (Å²) in [5.41, 5.74) is 3.10. The lowest BCUT2D eigenvalue weighted by atomic mass is 9.97. The lowest BCUT2D eigenvalue weighted by Gasteiger charge is -2.31. The topological polar surface area (TPSA) is 75.2 Å². The van der Waals surface area contributed by atoms with Gasteiger partial charge in [0.1, 0.15) is 5.69 Å². The average molecular weight is 523 g/mol. The minimum Gasteiger partial charge on any atom is -0.342 e. The summed E-state index contributed by atoms with van der Waals surface area (Å²) in [7, 11) is 0. The van der Waals surface area contributed by atoms with Crippen LogP contribution in [0, 0.1) is 6.92 Å². The molecule has 35 heavy (non-hydrogen) atoms. The zero-order chi connectivity index (χ0) is 24.4. The maximum Gasteiger partial charge on any atom is 0.275 e. The predicted molar refractivity (Wildman–Crippen MR) is 145 cm³/mol. The number of piperidine rings is 1. The number of hydrogen-bond donors (Lipinski definition) is 1. The number of nitrogens with zero attached hydrogens (tertiary/aromatic N) is 3. The molecule has 1 fully saturated rings. The van der Waals surface area contributed by atoms with Crippen LogP contribution in [0.1, 0.15) is 44.8 Å². The lowest BCUT2D eigenvalue weighted by molar-refractivity contribution is -0.131. The van der Waals surface area contributed by atoms with E-state index in [1.54, 1.807) is 23.1 Å². The molecule has 6 nitrogen and oxygen atoms in total. The van der Waals surface area contributed by atoms with Crippen molar-refractivity contribution < 1.29 is 9.59 Å². The summed E-state index contributed by atoms with van der Waals surface area (Å²) in [6.45, 7) is 3.42. The van der Waals surface area contributed by atoms with Crippen LogP contribution in [0.4, 0.5) is 5.69 Å². The van der Waals surface area contributed by atoms with Crippen molar-refractivity contribution in [1.29, 1.82) is 0 Å². The second-order valence-electron chi connectivity index (χ2n) is 8.62. The first kappa shape index (κ1) is 24.0. The number of anilines is 1. The van der Waals surface area contributed by atoms with Crippen LogP contribution in [0.15, 0.2) is 52.7 Å². The fraction of sp³-hybridized carbons (Fsp3) is 0.308. The van der Waals surface area contributed by atoms with Gasteiger partial charge in [-0.25, -0.2) is 9.97 Å². The highest BCUT2D eigenvalue weighted by atomic mass is 32.2. The van der Waals surface area contributed by atoms with Crippen LogP contribution >= 0.6 is 34.4 Å².